The minimum absolute atomic E-state index is 0.360. The standard InChI is InChI=1S/C12H20O3/c1-5-7-8-9-14-11(6-2)15-12(13)10(3)4/h6,11H,2-3,5,7-9H2,1,4H3. The third kappa shape index (κ3) is 6.91. The van der Waals surface area contributed by atoms with Crippen molar-refractivity contribution in [3.05, 3.63) is 24.8 Å². The molecule has 86 valence electrons. The molecule has 0 aliphatic carbocycles. The van der Waals surface area contributed by atoms with Crippen LogP contribution in [0.3, 0.4) is 0 Å². The lowest BCUT2D eigenvalue weighted by atomic mass is 10.3. The SMILES string of the molecule is C=CC(OCCCCC)OC(=O)C(=C)C. The van der Waals surface area contributed by atoms with Crippen molar-refractivity contribution in [3.63, 3.8) is 0 Å². The summed E-state index contributed by atoms with van der Waals surface area (Å²) >= 11 is 0. The molecule has 0 radical (unpaired) electrons. The maximum absolute atomic E-state index is 11.2. The molecule has 0 aliphatic rings. The predicted molar refractivity (Wildman–Crippen MR) is 60.4 cm³/mol. The van der Waals surface area contributed by atoms with Crippen molar-refractivity contribution in [2.24, 2.45) is 0 Å². The monoisotopic (exact) mass is 212 g/mol. The summed E-state index contributed by atoms with van der Waals surface area (Å²) in [7, 11) is 0. The van der Waals surface area contributed by atoms with Gasteiger partial charge in [0.25, 0.3) is 0 Å². The normalized spacial score (nSPS) is 11.9. The molecule has 15 heavy (non-hydrogen) atoms. The minimum Gasteiger partial charge on any atom is -0.429 e. The maximum atomic E-state index is 11.2. The van der Waals surface area contributed by atoms with Crippen LogP contribution in [0.5, 0.6) is 0 Å². The highest BCUT2D eigenvalue weighted by atomic mass is 16.7. The summed E-state index contributed by atoms with van der Waals surface area (Å²) in [6.07, 6.45) is 4.01. The Bertz CT molecular complexity index is 221. The molecular weight excluding hydrogens is 192 g/mol. The molecule has 0 saturated carbocycles. The smallest absolute Gasteiger partial charge is 0.335 e. The summed E-state index contributed by atoms with van der Waals surface area (Å²) < 4.78 is 10.3. The van der Waals surface area contributed by atoms with Crippen molar-refractivity contribution in [2.75, 3.05) is 6.61 Å². The van der Waals surface area contributed by atoms with Crippen LogP contribution in [0, 0.1) is 0 Å². The second-order valence-corrected chi connectivity index (χ2v) is 3.37. The highest BCUT2D eigenvalue weighted by Gasteiger charge is 2.11. The van der Waals surface area contributed by atoms with E-state index in [4.69, 9.17) is 9.47 Å². The van der Waals surface area contributed by atoms with E-state index in [-0.39, 0.29) is 0 Å². The lowest BCUT2D eigenvalue weighted by Crippen LogP contribution is -2.20. The Kier molecular flexibility index (Phi) is 7.64. The number of ether oxygens (including phenoxy) is 2. The van der Waals surface area contributed by atoms with Gasteiger partial charge < -0.3 is 9.47 Å². The van der Waals surface area contributed by atoms with Gasteiger partial charge in [0.05, 0.1) is 6.61 Å². The highest BCUT2D eigenvalue weighted by molar-refractivity contribution is 5.87. The number of carbonyl (C=O) groups is 1. The van der Waals surface area contributed by atoms with Crippen molar-refractivity contribution in [3.8, 4) is 0 Å². The fourth-order valence-corrected chi connectivity index (χ4v) is 0.908. The van der Waals surface area contributed by atoms with Gasteiger partial charge in [0.1, 0.15) is 0 Å². The maximum Gasteiger partial charge on any atom is 0.335 e. The predicted octanol–water partition coefficient (Wildman–Crippen LogP) is 2.82. The van der Waals surface area contributed by atoms with Gasteiger partial charge in [0.2, 0.25) is 6.29 Å². The van der Waals surface area contributed by atoms with E-state index in [2.05, 4.69) is 20.1 Å². The second kappa shape index (κ2) is 8.24. The van der Waals surface area contributed by atoms with Crippen LogP contribution < -0.4 is 0 Å². The molecule has 3 heteroatoms. The second-order valence-electron chi connectivity index (χ2n) is 3.37. The van der Waals surface area contributed by atoms with Gasteiger partial charge in [-0.15, -0.1) is 0 Å². The molecule has 0 aliphatic heterocycles. The molecule has 0 rings (SSSR count). The fourth-order valence-electron chi connectivity index (χ4n) is 0.908. The van der Waals surface area contributed by atoms with Crippen LogP contribution in [0.1, 0.15) is 33.1 Å². The summed E-state index contributed by atoms with van der Waals surface area (Å²) in [5.74, 6) is -0.449. The van der Waals surface area contributed by atoms with Crippen LogP contribution in [0.25, 0.3) is 0 Å². The molecule has 0 fully saturated rings. The Labute approximate surface area is 91.8 Å². The highest BCUT2D eigenvalue weighted by Crippen LogP contribution is 2.03. The molecule has 0 aromatic heterocycles. The van der Waals surface area contributed by atoms with E-state index < -0.39 is 12.3 Å². The quantitative estimate of drug-likeness (QED) is 0.204. The molecule has 3 nitrogen and oxygen atoms in total. The summed E-state index contributed by atoms with van der Waals surface area (Å²) in [5, 5.41) is 0. The molecule has 0 N–H and O–H groups in total. The van der Waals surface area contributed by atoms with Gasteiger partial charge in [-0.2, -0.15) is 0 Å². The van der Waals surface area contributed by atoms with Gasteiger partial charge >= 0.3 is 5.97 Å². The number of carbonyl (C=O) groups excluding carboxylic acids is 1. The van der Waals surface area contributed by atoms with Crippen LogP contribution in [0.2, 0.25) is 0 Å². The Hall–Kier alpha value is -1.09. The Balaban J connectivity index is 3.78. The Morgan fingerprint density at radius 3 is 2.60 bits per heavy atom. The zero-order chi connectivity index (χ0) is 11.7. The van der Waals surface area contributed by atoms with Crippen molar-refractivity contribution in [1.29, 1.82) is 0 Å². The first-order valence-electron chi connectivity index (χ1n) is 5.22. The molecular formula is C12H20O3. The molecule has 0 aromatic rings. The summed E-state index contributed by atoms with van der Waals surface area (Å²) in [4.78, 5) is 11.2. The molecule has 0 aromatic carbocycles. The molecule has 0 bridgehead atoms. The summed E-state index contributed by atoms with van der Waals surface area (Å²) in [6, 6.07) is 0. The van der Waals surface area contributed by atoms with Gasteiger partial charge in [-0.1, -0.05) is 32.9 Å². The first kappa shape index (κ1) is 13.9. The number of hydrogen-bond acceptors (Lipinski definition) is 3. The van der Waals surface area contributed by atoms with E-state index in [0.717, 1.165) is 19.3 Å². The van der Waals surface area contributed by atoms with Crippen molar-refractivity contribution >= 4 is 5.97 Å². The van der Waals surface area contributed by atoms with Crippen LogP contribution in [0.4, 0.5) is 0 Å². The first-order valence-corrected chi connectivity index (χ1v) is 5.22. The number of esters is 1. The van der Waals surface area contributed by atoms with Crippen LogP contribution in [0.15, 0.2) is 24.8 Å². The average molecular weight is 212 g/mol. The van der Waals surface area contributed by atoms with Crippen LogP contribution >= 0.6 is 0 Å². The van der Waals surface area contributed by atoms with E-state index in [1.807, 2.05) is 0 Å². The summed E-state index contributed by atoms with van der Waals surface area (Å²) in [5.41, 5.74) is 0.360. The van der Waals surface area contributed by atoms with Gasteiger partial charge in [-0.05, 0) is 19.4 Å². The number of rotatable bonds is 8. The van der Waals surface area contributed by atoms with Gasteiger partial charge in [0, 0.05) is 5.57 Å². The molecule has 0 amide bonds. The minimum atomic E-state index is -0.661. The molecule has 0 heterocycles. The van der Waals surface area contributed by atoms with Crippen molar-refractivity contribution in [1.82, 2.24) is 0 Å². The van der Waals surface area contributed by atoms with Crippen molar-refractivity contribution < 1.29 is 14.3 Å². The summed E-state index contributed by atoms with van der Waals surface area (Å²) in [6.45, 7) is 11.3. The van der Waals surface area contributed by atoms with E-state index in [1.54, 1.807) is 6.92 Å². The fraction of sp³-hybridized carbons (Fsp3) is 0.583. The van der Waals surface area contributed by atoms with Crippen LogP contribution in [-0.2, 0) is 14.3 Å². The van der Waals surface area contributed by atoms with Gasteiger partial charge in [-0.3, -0.25) is 0 Å². The third-order valence-electron chi connectivity index (χ3n) is 1.79. The zero-order valence-electron chi connectivity index (χ0n) is 9.62. The molecule has 0 spiro atoms. The number of hydrogen-bond donors (Lipinski definition) is 0. The van der Waals surface area contributed by atoms with Crippen LogP contribution in [-0.4, -0.2) is 18.9 Å². The Morgan fingerprint density at radius 1 is 1.47 bits per heavy atom. The zero-order valence-corrected chi connectivity index (χ0v) is 9.62. The van der Waals surface area contributed by atoms with E-state index >= 15 is 0 Å². The largest absolute Gasteiger partial charge is 0.429 e. The first-order chi connectivity index (χ1) is 7.11. The molecule has 0 saturated heterocycles. The third-order valence-corrected chi connectivity index (χ3v) is 1.79. The topological polar surface area (TPSA) is 35.5 Å². The van der Waals surface area contributed by atoms with Gasteiger partial charge in [-0.25, -0.2) is 4.79 Å². The Morgan fingerprint density at radius 2 is 2.13 bits per heavy atom. The van der Waals surface area contributed by atoms with Gasteiger partial charge in [0.15, 0.2) is 0 Å². The molecule has 1 atom stereocenters. The van der Waals surface area contributed by atoms with E-state index in [1.165, 1.54) is 6.08 Å². The van der Waals surface area contributed by atoms with E-state index in [9.17, 15) is 4.79 Å². The molecule has 1 unspecified atom stereocenters. The number of unbranched alkanes of at least 4 members (excludes halogenated alkanes) is 2. The lowest BCUT2D eigenvalue weighted by Gasteiger charge is -2.14. The van der Waals surface area contributed by atoms with Crippen molar-refractivity contribution in [2.45, 2.75) is 39.4 Å². The average Bonchev–Trinajstić information content (AvgIpc) is 2.22. The lowest BCUT2D eigenvalue weighted by molar-refractivity contribution is -0.164. The van der Waals surface area contributed by atoms with E-state index in [0.29, 0.717) is 12.2 Å².